The van der Waals surface area contributed by atoms with E-state index in [4.69, 9.17) is 22.3 Å². The molecule has 0 aliphatic carbocycles. The summed E-state index contributed by atoms with van der Waals surface area (Å²) in [5.74, 6) is 2.01. The number of hydrogen-bond donors (Lipinski definition) is 3. The third-order valence-electron chi connectivity index (χ3n) is 5.82. The number of ether oxygens (including phenoxy) is 1. The van der Waals surface area contributed by atoms with Crippen molar-refractivity contribution in [3.63, 3.8) is 0 Å². The van der Waals surface area contributed by atoms with Crippen LogP contribution in [0.5, 0.6) is 5.75 Å². The van der Waals surface area contributed by atoms with Crippen molar-refractivity contribution < 1.29 is 49.3 Å². The van der Waals surface area contributed by atoms with Crippen molar-refractivity contribution in [3.8, 4) is 5.75 Å². The van der Waals surface area contributed by atoms with Gasteiger partial charge in [-0.15, -0.1) is 6.58 Å². The summed E-state index contributed by atoms with van der Waals surface area (Å²) in [7, 11) is -3.01. The van der Waals surface area contributed by atoms with Crippen LogP contribution in [0.25, 0.3) is 10.9 Å². The highest BCUT2D eigenvalue weighted by Crippen LogP contribution is 2.42. The van der Waals surface area contributed by atoms with E-state index in [-0.39, 0.29) is 27.9 Å². The van der Waals surface area contributed by atoms with Gasteiger partial charge in [0.25, 0.3) is 0 Å². The number of pyridine rings is 1. The number of benzene rings is 1. The van der Waals surface area contributed by atoms with Crippen LogP contribution in [0.15, 0.2) is 43.1 Å². The fraction of sp³-hybridized carbons (Fsp3) is 0.450. The second-order valence-electron chi connectivity index (χ2n) is 7.42. The molecule has 5 atom stereocenters. The topological polar surface area (TPSA) is 246 Å². The lowest BCUT2D eigenvalue weighted by molar-refractivity contribution is -0.0444. The molecule has 0 spiro atoms. The van der Waals surface area contributed by atoms with Crippen LogP contribution in [0.4, 0.5) is 0 Å². The minimum atomic E-state index is -4.67. The predicted octanol–water partition coefficient (Wildman–Crippen LogP) is -0.778. The van der Waals surface area contributed by atoms with Gasteiger partial charge in [-0.05, 0) is 61.1 Å². The minimum absolute atomic E-state index is 0. The van der Waals surface area contributed by atoms with E-state index in [0.717, 1.165) is 41.7 Å². The molecule has 1 aromatic carbocycles. The Balaban J connectivity index is 0. The largest absolute Gasteiger partial charge is 0.497 e. The van der Waals surface area contributed by atoms with Gasteiger partial charge in [0, 0.05) is 24.2 Å². The lowest BCUT2D eigenvalue weighted by Crippen LogP contribution is -2.54. The number of aliphatic hydroxyl groups is 1. The van der Waals surface area contributed by atoms with Crippen LogP contribution < -0.4 is 4.74 Å². The molecule has 12 nitrogen and oxygen atoms in total. The maximum absolute atomic E-state index is 11.2. The molecule has 3 fully saturated rings. The lowest BCUT2D eigenvalue weighted by Gasteiger charge is -2.50. The third-order valence-corrected chi connectivity index (χ3v) is 5.82. The first-order chi connectivity index (χ1) is 13.7. The molecule has 3 aliphatic rings. The molecule has 3 aliphatic heterocycles. The number of hydrogen-bond acceptors (Lipinski definition) is 6. The van der Waals surface area contributed by atoms with E-state index in [1.54, 1.807) is 13.3 Å². The normalized spacial score (nSPS) is 23.8. The van der Waals surface area contributed by atoms with Crippen molar-refractivity contribution >= 4 is 21.3 Å². The van der Waals surface area contributed by atoms with Gasteiger partial charge < -0.3 is 31.7 Å². The SMILES string of the molecule is C=C[C@H]1CN2CCC1C[C@@H]2[C@@H](O)c1ccnc2ccc(OC)cc12.O.O.O.O.O=S(=O)(O)O. The maximum atomic E-state index is 11.2. The number of aromatic nitrogens is 1. The molecule has 2 unspecified atom stereocenters. The van der Waals surface area contributed by atoms with Gasteiger partial charge in [0.15, 0.2) is 0 Å². The van der Waals surface area contributed by atoms with Crippen LogP contribution in [0.1, 0.15) is 24.5 Å². The average molecular weight is 495 g/mol. The van der Waals surface area contributed by atoms with E-state index in [0.29, 0.717) is 11.8 Å². The predicted molar refractivity (Wildman–Crippen MR) is 124 cm³/mol. The Kier molecular flexibility index (Phi) is 13.5. The molecule has 0 saturated carbocycles. The van der Waals surface area contributed by atoms with Gasteiger partial charge in [-0.1, -0.05) is 6.08 Å². The Labute approximate surface area is 192 Å². The highest BCUT2D eigenvalue weighted by atomic mass is 32.3. The summed E-state index contributed by atoms with van der Waals surface area (Å²) in [5.41, 5.74) is 1.85. The van der Waals surface area contributed by atoms with Gasteiger partial charge in [0.05, 0.1) is 18.7 Å². The molecule has 190 valence electrons. The van der Waals surface area contributed by atoms with E-state index in [2.05, 4.69) is 22.5 Å². The molecule has 11 N–H and O–H groups in total. The van der Waals surface area contributed by atoms with Crippen molar-refractivity contribution in [1.82, 2.24) is 9.88 Å². The Morgan fingerprint density at radius 1 is 1.21 bits per heavy atom. The van der Waals surface area contributed by atoms with Crippen LogP contribution in [0, 0.1) is 11.8 Å². The summed E-state index contributed by atoms with van der Waals surface area (Å²) in [4.78, 5) is 6.86. The molecule has 5 rings (SSSR count). The lowest BCUT2D eigenvalue weighted by atomic mass is 9.73. The second-order valence-corrected chi connectivity index (χ2v) is 8.32. The summed E-state index contributed by atoms with van der Waals surface area (Å²) in [6.45, 7) is 6.07. The van der Waals surface area contributed by atoms with Gasteiger partial charge in [-0.3, -0.25) is 19.0 Å². The summed E-state index contributed by atoms with van der Waals surface area (Å²) < 4.78 is 36.9. The Hall–Kier alpha value is -2.20. The first kappa shape index (κ1) is 33.0. The number of nitrogens with zero attached hydrogens (tertiary/aromatic N) is 2. The van der Waals surface area contributed by atoms with Gasteiger partial charge in [-0.2, -0.15) is 8.42 Å². The molecule has 3 saturated heterocycles. The molecule has 0 radical (unpaired) electrons. The Morgan fingerprint density at radius 2 is 1.85 bits per heavy atom. The highest BCUT2D eigenvalue weighted by Gasteiger charge is 2.42. The van der Waals surface area contributed by atoms with Crippen molar-refractivity contribution in [2.24, 2.45) is 11.8 Å². The molecule has 2 bridgehead atoms. The van der Waals surface area contributed by atoms with E-state index in [1.807, 2.05) is 24.3 Å². The number of methoxy groups -OCH3 is 1. The Bertz CT molecular complexity index is 980. The standard InChI is InChI=1S/C20H24N2O2.H2O4S.4H2O/c1-3-13-12-22-9-7-14(13)10-19(22)20(23)16-6-8-21-18-5-4-15(24-2)11-17(16)18;1-5(2,3)4;;;;/h3-6,8,11,13-14,19-20,23H,1,7,9-10,12H2,2H3;(H2,1,2,3,4);4*1H2/t13-,14?,19+,20-;;;;;/m0...../s1. The average Bonchev–Trinajstić information content (AvgIpc) is 2.71. The van der Waals surface area contributed by atoms with Crippen LogP contribution in [0.3, 0.4) is 0 Å². The van der Waals surface area contributed by atoms with E-state index >= 15 is 0 Å². The van der Waals surface area contributed by atoms with Gasteiger partial charge in [0.1, 0.15) is 5.75 Å². The molecule has 4 heterocycles. The molecule has 13 heteroatoms. The zero-order chi connectivity index (χ0) is 21.2. The van der Waals surface area contributed by atoms with Gasteiger partial charge in [-0.25, -0.2) is 0 Å². The summed E-state index contributed by atoms with van der Waals surface area (Å²) in [6.07, 6.45) is 5.62. The zero-order valence-electron chi connectivity index (χ0n) is 18.2. The maximum Gasteiger partial charge on any atom is 0.394 e. The number of fused-ring (bicyclic) bond motifs is 4. The third kappa shape index (κ3) is 7.96. The summed E-state index contributed by atoms with van der Waals surface area (Å²) in [5, 5.41) is 12.1. The minimum Gasteiger partial charge on any atom is -0.497 e. The quantitative estimate of drug-likeness (QED) is 0.358. The van der Waals surface area contributed by atoms with Crippen LogP contribution in [0.2, 0.25) is 0 Å². The number of aliphatic hydroxyl groups excluding tert-OH is 1. The fourth-order valence-electron chi connectivity index (χ4n) is 4.44. The smallest absolute Gasteiger partial charge is 0.394 e. The first-order valence-electron chi connectivity index (χ1n) is 9.38. The highest BCUT2D eigenvalue weighted by molar-refractivity contribution is 7.79. The van der Waals surface area contributed by atoms with Crippen molar-refractivity contribution in [3.05, 3.63) is 48.7 Å². The number of rotatable bonds is 4. The molecular formula is C20H34N2O10S. The van der Waals surface area contributed by atoms with Gasteiger partial charge >= 0.3 is 10.4 Å². The van der Waals surface area contributed by atoms with Gasteiger partial charge in [0.2, 0.25) is 0 Å². The zero-order valence-corrected chi connectivity index (χ0v) is 19.0. The fourth-order valence-corrected chi connectivity index (χ4v) is 4.44. The van der Waals surface area contributed by atoms with Crippen LogP contribution >= 0.6 is 0 Å². The monoisotopic (exact) mass is 494 g/mol. The molecule has 33 heavy (non-hydrogen) atoms. The summed E-state index contributed by atoms with van der Waals surface area (Å²) in [6, 6.07) is 7.96. The van der Waals surface area contributed by atoms with E-state index < -0.39 is 16.5 Å². The second kappa shape index (κ2) is 13.5. The van der Waals surface area contributed by atoms with E-state index in [9.17, 15) is 5.11 Å². The van der Waals surface area contributed by atoms with Crippen molar-refractivity contribution in [2.45, 2.75) is 25.0 Å². The van der Waals surface area contributed by atoms with E-state index in [1.165, 1.54) is 6.42 Å². The first-order valence-corrected chi connectivity index (χ1v) is 10.8. The van der Waals surface area contributed by atoms with Crippen molar-refractivity contribution in [1.29, 1.82) is 0 Å². The van der Waals surface area contributed by atoms with Crippen LogP contribution in [-0.4, -0.2) is 80.7 Å². The number of piperidine rings is 3. The molecule has 1 aromatic heterocycles. The summed E-state index contributed by atoms with van der Waals surface area (Å²) >= 11 is 0. The van der Waals surface area contributed by atoms with Crippen LogP contribution in [-0.2, 0) is 10.4 Å². The molecular weight excluding hydrogens is 460 g/mol. The molecule has 2 aromatic rings. The molecule has 0 amide bonds. The van der Waals surface area contributed by atoms with Crippen molar-refractivity contribution in [2.75, 3.05) is 20.2 Å². The Morgan fingerprint density at radius 3 is 2.36 bits per heavy atom.